The summed E-state index contributed by atoms with van der Waals surface area (Å²) in [5, 5.41) is 0. The highest BCUT2D eigenvalue weighted by molar-refractivity contribution is 7.12. The van der Waals surface area contributed by atoms with E-state index >= 15 is 0 Å². The van der Waals surface area contributed by atoms with Gasteiger partial charge in [-0.1, -0.05) is 12.1 Å². The molecule has 2 heterocycles. The number of hydrogen-bond acceptors (Lipinski definition) is 5. The maximum Gasteiger partial charge on any atom is 0.270 e. The predicted octanol–water partition coefficient (Wildman–Crippen LogP) is 2.72. The van der Waals surface area contributed by atoms with Gasteiger partial charge in [-0.3, -0.25) is 9.69 Å². The van der Waals surface area contributed by atoms with Gasteiger partial charge in [-0.25, -0.2) is 4.98 Å². The van der Waals surface area contributed by atoms with Crippen LogP contribution in [0.4, 0.5) is 5.69 Å². The number of amides is 1. The molecule has 0 saturated heterocycles. The Hall–Kier alpha value is -1.92. The van der Waals surface area contributed by atoms with Gasteiger partial charge in [0.25, 0.3) is 5.91 Å². The Bertz CT molecular complexity index is 656. The first-order valence-electron chi connectivity index (χ1n) is 6.69. The van der Waals surface area contributed by atoms with Gasteiger partial charge in [0.1, 0.15) is 17.2 Å². The summed E-state index contributed by atoms with van der Waals surface area (Å²) >= 11 is 1.34. The number of hydrogen-bond donors (Lipinski definition) is 0. The molecule has 1 amide bonds. The van der Waals surface area contributed by atoms with Crippen LogP contribution < -0.4 is 9.64 Å². The van der Waals surface area contributed by atoms with Crippen LogP contribution in [0.15, 0.2) is 29.8 Å². The first-order chi connectivity index (χ1) is 10.2. The van der Waals surface area contributed by atoms with E-state index < -0.39 is 0 Å². The van der Waals surface area contributed by atoms with Crippen LogP contribution >= 0.6 is 11.3 Å². The number of carbonyl (C=O) groups is 1. The second kappa shape index (κ2) is 5.83. The first-order valence-corrected chi connectivity index (χ1v) is 7.57. The van der Waals surface area contributed by atoms with Crippen LogP contribution in [0.2, 0.25) is 0 Å². The molecular formula is C15H16N2O3S. The van der Waals surface area contributed by atoms with Crippen molar-refractivity contribution >= 4 is 22.9 Å². The van der Waals surface area contributed by atoms with Crippen LogP contribution in [0.3, 0.4) is 0 Å². The number of fused-ring (bicyclic) bond motifs is 1. The Kier molecular flexibility index (Phi) is 3.90. The van der Waals surface area contributed by atoms with Gasteiger partial charge in [-0.2, -0.15) is 0 Å². The van der Waals surface area contributed by atoms with E-state index in [2.05, 4.69) is 4.98 Å². The summed E-state index contributed by atoms with van der Waals surface area (Å²) in [5.74, 6) is 0.689. The Labute approximate surface area is 127 Å². The largest absolute Gasteiger partial charge is 0.489 e. The number of para-hydroxylation sites is 2. The van der Waals surface area contributed by atoms with Crippen molar-refractivity contribution in [1.29, 1.82) is 0 Å². The molecule has 0 radical (unpaired) electrons. The van der Waals surface area contributed by atoms with Crippen molar-refractivity contribution in [3.8, 4) is 5.75 Å². The van der Waals surface area contributed by atoms with Crippen LogP contribution in [0.1, 0.15) is 22.3 Å². The molecule has 2 aromatic rings. The van der Waals surface area contributed by atoms with Crippen molar-refractivity contribution in [3.63, 3.8) is 0 Å². The molecule has 21 heavy (non-hydrogen) atoms. The minimum absolute atomic E-state index is 0.0232. The predicted molar refractivity (Wildman–Crippen MR) is 81.0 cm³/mol. The average Bonchev–Trinajstić information content (AvgIpc) is 2.95. The number of ether oxygens (including phenoxy) is 2. The minimum atomic E-state index is -0.0483. The maximum atomic E-state index is 12.9. The topological polar surface area (TPSA) is 51.7 Å². The summed E-state index contributed by atoms with van der Waals surface area (Å²) in [7, 11) is 1.60. The number of anilines is 1. The lowest BCUT2D eigenvalue weighted by molar-refractivity contribution is 0.0960. The minimum Gasteiger partial charge on any atom is -0.489 e. The van der Waals surface area contributed by atoms with Crippen LogP contribution in [0.25, 0.3) is 0 Å². The van der Waals surface area contributed by atoms with Crippen molar-refractivity contribution < 1.29 is 14.3 Å². The molecule has 6 heteroatoms. The number of aromatic nitrogens is 1. The van der Waals surface area contributed by atoms with E-state index in [1.807, 2.05) is 31.2 Å². The van der Waals surface area contributed by atoms with Crippen molar-refractivity contribution in [2.24, 2.45) is 0 Å². The Morgan fingerprint density at radius 1 is 1.52 bits per heavy atom. The van der Waals surface area contributed by atoms with Gasteiger partial charge in [0, 0.05) is 7.11 Å². The van der Waals surface area contributed by atoms with E-state index in [4.69, 9.17) is 9.47 Å². The second-order valence-electron chi connectivity index (χ2n) is 4.86. The quantitative estimate of drug-likeness (QED) is 0.875. The fourth-order valence-corrected chi connectivity index (χ4v) is 3.13. The highest BCUT2D eigenvalue weighted by atomic mass is 32.1. The van der Waals surface area contributed by atoms with Crippen molar-refractivity contribution in [1.82, 2.24) is 4.98 Å². The molecule has 3 rings (SSSR count). The van der Waals surface area contributed by atoms with Crippen LogP contribution in [0.5, 0.6) is 5.75 Å². The molecule has 1 unspecified atom stereocenters. The monoisotopic (exact) mass is 304 g/mol. The number of rotatable bonds is 3. The third-order valence-electron chi connectivity index (χ3n) is 3.38. The molecule has 0 N–H and O–H groups in total. The molecule has 1 atom stereocenters. The molecule has 1 aliphatic rings. The highest BCUT2D eigenvalue weighted by Gasteiger charge is 2.32. The lowest BCUT2D eigenvalue weighted by Gasteiger charge is -2.34. The van der Waals surface area contributed by atoms with Crippen molar-refractivity contribution in [2.45, 2.75) is 19.6 Å². The maximum absolute atomic E-state index is 12.9. The molecule has 1 aromatic heterocycles. The Morgan fingerprint density at radius 2 is 2.33 bits per heavy atom. The van der Waals surface area contributed by atoms with E-state index in [0.717, 1.165) is 11.4 Å². The fourth-order valence-electron chi connectivity index (χ4n) is 2.40. The molecule has 0 bridgehead atoms. The van der Waals surface area contributed by atoms with E-state index in [0.29, 0.717) is 23.8 Å². The Morgan fingerprint density at radius 3 is 3.14 bits per heavy atom. The summed E-state index contributed by atoms with van der Waals surface area (Å²) in [6, 6.07) is 7.57. The van der Waals surface area contributed by atoms with Gasteiger partial charge in [0.05, 0.1) is 29.5 Å². The highest BCUT2D eigenvalue weighted by Crippen LogP contribution is 2.35. The lowest BCUT2D eigenvalue weighted by atomic mass is 10.1. The van der Waals surface area contributed by atoms with Crippen LogP contribution in [-0.4, -0.2) is 30.6 Å². The number of carbonyl (C=O) groups excluding carboxylic acids is 1. The summed E-state index contributed by atoms with van der Waals surface area (Å²) < 4.78 is 10.8. The SMILES string of the molecule is COCc1ncsc1C(=O)N1c2ccccc2OCC1C. The number of nitrogens with zero attached hydrogens (tertiary/aromatic N) is 2. The third kappa shape index (κ3) is 2.52. The van der Waals surface area contributed by atoms with Gasteiger partial charge in [-0.05, 0) is 19.1 Å². The molecule has 5 nitrogen and oxygen atoms in total. The molecule has 1 aromatic carbocycles. The van der Waals surface area contributed by atoms with E-state index in [1.165, 1.54) is 11.3 Å². The van der Waals surface area contributed by atoms with E-state index in [1.54, 1.807) is 17.5 Å². The summed E-state index contributed by atoms with van der Waals surface area (Å²) in [4.78, 5) is 19.5. The van der Waals surface area contributed by atoms with Gasteiger partial charge < -0.3 is 9.47 Å². The number of thiazole rings is 1. The standard InChI is InChI=1S/C15H16N2O3S/c1-10-7-20-13-6-4-3-5-12(13)17(10)15(18)14-11(8-19-2)16-9-21-14/h3-6,9-10H,7-8H2,1-2H3. The smallest absolute Gasteiger partial charge is 0.270 e. The number of benzene rings is 1. The lowest BCUT2D eigenvalue weighted by Crippen LogP contribution is -2.45. The summed E-state index contributed by atoms with van der Waals surface area (Å²) in [6.45, 7) is 2.80. The van der Waals surface area contributed by atoms with Gasteiger partial charge in [0.15, 0.2) is 0 Å². The zero-order valence-corrected chi connectivity index (χ0v) is 12.7. The van der Waals surface area contributed by atoms with E-state index in [-0.39, 0.29) is 11.9 Å². The first kappa shape index (κ1) is 14.0. The molecule has 0 saturated carbocycles. The molecule has 0 aliphatic carbocycles. The van der Waals surface area contributed by atoms with Gasteiger partial charge in [-0.15, -0.1) is 11.3 Å². The third-order valence-corrected chi connectivity index (χ3v) is 4.24. The van der Waals surface area contributed by atoms with Gasteiger partial charge >= 0.3 is 0 Å². The normalized spacial score (nSPS) is 17.2. The second-order valence-corrected chi connectivity index (χ2v) is 5.72. The number of methoxy groups -OCH3 is 1. The van der Waals surface area contributed by atoms with Gasteiger partial charge in [0.2, 0.25) is 0 Å². The van der Waals surface area contributed by atoms with Crippen molar-refractivity contribution in [2.75, 3.05) is 18.6 Å². The molecular weight excluding hydrogens is 288 g/mol. The zero-order valence-electron chi connectivity index (χ0n) is 11.9. The summed E-state index contributed by atoms with van der Waals surface area (Å²) in [6.07, 6.45) is 0. The molecule has 1 aliphatic heterocycles. The summed E-state index contributed by atoms with van der Waals surface area (Å²) in [5.41, 5.74) is 3.17. The van der Waals surface area contributed by atoms with Crippen LogP contribution in [0, 0.1) is 0 Å². The Balaban J connectivity index is 1.99. The molecule has 110 valence electrons. The van der Waals surface area contributed by atoms with Crippen LogP contribution in [-0.2, 0) is 11.3 Å². The average molecular weight is 304 g/mol. The molecule has 0 spiro atoms. The van der Waals surface area contributed by atoms with E-state index in [9.17, 15) is 4.79 Å². The van der Waals surface area contributed by atoms with Crippen molar-refractivity contribution in [3.05, 3.63) is 40.3 Å². The molecule has 0 fully saturated rings. The fraction of sp³-hybridized carbons (Fsp3) is 0.333. The zero-order chi connectivity index (χ0) is 14.8.